The second-order valence-corrected chi connectivity index (χ2v) is 9.74. The number of amides is 3. The van der Waals surface area contributed by atoms with Crippen LogP contribution in [-0.2, 0) is 14.4 Å². The van der Waals surface area contributed by atoms with Crippen LogP contribution in [0.3, 0.4) is 0 Å². The molecule has 7 heteroatoms. The Morgan fingerprint density at radius 3 is 2.33 bits per heavy atom. The molecule has 1 aromatic carbocycles. The zero-order chi connectivity index (χ0) is 20.7. The maximum Gasteiger partial charge on any atom is 0.258 e. The molecule has 1 heterocycles. The first kappa shape index (κ1) is 19.4. The van der Waals surface area contributed by atoms with E-state index in [2.05, 4.69) is 10.9 Å². The van der Waals surface area contributed by atoms with Crippen LogP contribution < -0.4 is 20.5 Å². The summed E-state index contributed by atoms with van der Waals surface area (Å²) in [5, 5.41) is 0. The van der Waals surface area contributed by atoms with Crippen molar-refractivity contribution >= 4 is 23.4 Å². The molecular formula is C23H29N3O4. The number of rotatable bonds is 4. The van der Waals surface area contributed by atoms with Gasteiger partial charge in [0, 0.05) is 6.42 Å². The molecule has 0 saturated heterocycles. The molecule has 1 aliphatic heterocycles. The quantitative estimate of drug-likeness (QED) is 0.746. The molecule has 4 aliphatic carbocycles. The third-order valence-corrected chi connectivity index (χ3v) is 7.37. The number of nitrogens with one attached hydrogen (secondary N) is 2. The molecule has 1 aromatic rings. The minimum absolute atomic E-state index is 0.126. The number of carbonyl (C=O) groups excluding carboxylic acids is 3. The molecule has 0 atom stereocenters. The van der Waals surface area contributed by atoms with E-state index in [-0.39, 0.29) is 36.8 Å². The molecule has 4 saturated carbocycles. The molecule has 0 radical (unpaired) electrons. The van der Waals surface area contributed by atoms with Crippen LogP contribution in [0.5, 0.6) is 5.75 Å². The van der Waals surface area contributed by atoms with Gasteiger partial charge in [0.05, 0.1) is 18.7 Å². The van der Waals surface area contributed by atoms with E-state index in [0.29, 0.717) is 17.9 Å². The van der Waals surface area contributed by atoms with E-state index in [9.17, 15) is 14.4 Å². The first-order valence-electron chi connectivity index (χ1n) is 11.1. The fourth-order valence-electron chi connectivity index (χ4n) is 6.71. The van der Waals surface area contributed by atoms with Gasteiger partial charge < -0.3 is 4.74 Å². The molecule has 2 N–H and O–H groups in total. The number of carbonyl (C=O) groups is 3. The van der Waals surface area contributed by atoms with Crippen molar-refractivity contribution in [2.45, 2.75) is 51.4 Å². The van der Waals surface area contributed by atoms with Crippen LogP contribution in [0.2, 0.25) is 0 Å². The number of ether oxygens (including phenoxy) is 1. The summed E-state index contributed by atoms with van der Waals surface area (Å²) in [6.07, 6.45) is 8.17. The summed E-state index contributed by atoms with van der Waals surface area (Å²) in [6, 6.07) is 7.18. The highest BCUT2D eigenvalue weighted by Gasteiger charge is 2.51. The maximum absolute atomic E-state index is 12.6. The highest BCUT2D eigenvalue weighted by atomic mass is 16.5. The first-order chi connectivity index (χ1) is 14.5. The highest BCUT2D eigenvalue weighted by Crippen LogP contribution is 2.61. The number of fused-ring (bicyclic) bond motifs is 1. The lowest BCUT2D eigenvalue weighted by molar-refractivity contribution is -0.134. The van der Waals surface area contributed by atoms with E-state index >= 15 is 0 Å². The molecular weight excluding hydrogens is 382 g/mol. The van der Waals surface area contributed by atoms with Crippen molar-refractivity contribution < 1.29 is 19.1 Å². The van der Waals surface area contributed by atoms with Gasteiger partial charge >= 0.3 is 0 Å². The molecule has 30 heavy (non-hydrogen) atoms. The van der Waals surface area contributed by atoms with E-state index in [1.807, 2.05) is 6.07 Å². The van der Waals surface area contributed by atoms with E-state index in [0.717, 1.165) is 37.0 Å². The Labute approximate surface area is 176 Å². The number of hydrogen-bond donors (Lipinski definition) is 2. The van der Waals surface area contributed by atoms with Gasteiger partial charge in [-0.05, 0) is 73.8 Å². The summed E-state index contributed by atoms with van der Waals surface area (Å²) in [4.78, 5) is 39.0. The summed E-state index contributed by atoms with van der Waals surface area (Å²) in [5.74, 6) is 2.23. The van der Waals surface area contributed by atoms with Crippen molar-refractivity contribution in [2.75, 3.05) is 18.1 Å². The third kappa shape index (κ3) is 3.77. The van der Waals surface area contributed by atoms with Gasteiger partial charge in [0.1, 0.15) is 12.3 Å². The summed E-state index contributed by atoms with van der Waals surface area (Å²) in [5.41, 5.74) is 5.81. The zero-order valence-electron chi connectivity index (χ0n) is 17.2. The number of hydrogen-bond acceptors (Lipinski definition) is 4. The maximum atomic E-state index is 12.6. The Balaban J connectivity index is 1.17. The fourth-order valence-corrected chi connectivity index (χ4v) is 6.71. The van der Waals surface area contributed by atoms with Crippen LogP contribution in [0.15, 0.2) is 24.3 Å². The second-order valence-electron chi connectivity index (χ2n) is 9.74. The number of para-hydroxylation sites is 2. The minimum atomic E-state index is -0.418. The van der Waals surface area contributed by atoms with Gasteiger partial charge in [-0.2, -0.15) is 0 Å². The van der Waals surface area contributed by atoms with E-state index in [1.165, 1.54) is 24.2 Å². The summed E-state index contributed by atoms with van der Waals surface area (Å²) >= 11 is 0. The lowest BCUT2D eigenvalue weighted by Gasteiger charge is -2.56. The van der Waals surface area contributed by atoms with Crippen LogP contribution in [0, 0.1) is 23.2 Å². The highest BCUT2D eigenvalue weighted by molar-refractivity contribution is 6.00. The van der Waals surface area contributed by atoms with Crippen LogP contribution >= 0.6 is 0 Å². The van der Waals surface area contributed by atoms with Gasteiger partial charge in [0.25, 0.3) is 5.91 Å². The summed E-state index contributed by atoms with van der Waals surface area (Å²) in [7, 11) is 0. The Morgan fingerprint density at radius 2 is 1.63 bits per heavy atom. The zero-order valence-corrected chi connectivity index (χ0v) is 17.2. The largest absolute Gasteiger partial charge is 0.491 e. The predicted octanol–water partition coefficient (Wildman–Crippen LogP) is 2.56. The van der Waals surface area contributed by atoms with Gasteiger partial charge in [0.2, 0.25) is 11.8 Å². The number of anilines is 1. The summed E-state index contributed by atoms with van der Waals surface area (Å²) < 4.78 is 5.60. The smallest absolute Gasteiger partial charge is 0.258 e. The van der Waals surface area contributed by atoms with E-state index < -0.39 is 5.91 Å². The van der Waals surface area contributed by atoms with Crippen LogP contribution in [0.4, 0.5) is 5.69 Å². The molecule has 4 bridgehead atoms. The molecule has 160 valence electrons. The van der Waals surface area contributed by atoms with Gasteiger partial charge in [-0.3, -0.25) is 30.1 Å². The molecule has 0 aromatic heterocycles. The van der Waals surface area contributed by atoms with E-state index in [1.54, 1.807) is 18.2 Å². The Morgan fingerprint density at radius 1 is 1.00 bits per heavy atom. The van der Waals surface area contributed by atoms with Crippen LogP contribution in [0.25, 0.3) is 0 Å². The minimum Gasteiger partial charge on any atom is -0.491 e. The SMILES string of the molecule is O=C(CN1C(=O)CCOc2ccccc21)NNC(=O)CC12CC3CC(CC(C3)C1)C2. The lowest BCUT2D eigenvalue weighted by atomic mass is 9.49. The number of benzene rings is 1. The average molecular weight is 412 g/mol. The van der Waals surface area contributed by atoms with Gasteiger partial charge in [-0.1, -0.05) is 12.1 Å². The van der Waals surface area contributed by atoms with Crippen molar-refractivity contribution in [3.63, 3.8) is 0 Å². The van der Waals surface area contributed by atoms with Crippen LogP contribution in [0.1, 0.15) is 51.4 Å². The molecule has 0 unspecified atom stereocenters. The number of nitrogens with zero attached hydrogens (tertiary/aromatic N) is 1. The van der Waals surface area contributed by atoms with Crippen molar-refractivity contribution in [1.82, 2.24) is 10.9 Å². The standard InChI is InChI=1S/C23H29N3O4/c27-20(13-23-10-15-7-16(11-23)9-17(8-15)12-23)24-25-21(28)14-26-18-3-1-2-4-19(18)30-6-5-22(26)29/h1-4,15-17H,5-14H2,(H,24,27)(H,25,28). The predicted molar refractivity (Wildman–Crippen MR) is 110 cm³/mol. The third-order valence-electron chi connectivity index (χ3n) is 7.37. The van der Waals surface area contributed by atoms with Crippen molar-refractivity contribution in [2.24, 2.45) is 23.2 Å². The molecule has 4 fully saturated rings. The molecule has 7 nitrogen and oxygen atoms in total. The van der Waals surface area contributed by atoms with Crippen molar-refractivity contribution in [3.05, 3.63) is 24.3 Å². The Bertz CT molecular complexity index is 832. The average Bonchev–Trinajstić information content (AvgIpc) is 2.84. The van der Waals surface area contributed by atoms with Gasteiger partial charge in [-0.25, -0.2) is 0 Å². The molecule has 3 amide bonds. The second kappa shape index (κ2) is 7.60. The Kier molecular flexibility index (Phi) is 4.91. The van der Waals surface area contributed by atoms with E-state index in [4.69, 9.17) is 4.74 Å². The fraction of sp³-hybridized carbons (Fsp3) is 0.609. The molecule has 5 aliphatic rings. The topological polar surface area (TPSA) is 87.7 Å². The van der Waals surface area contributed by atoms with Gasteiger partial charge in [0.15, 0.2) is 0 Å². The summed E-state index contributed by atoms with van der Waals surface area (Å²) in [6.45, 7) is 0.132. The van der Waals surface area contributed by atoms with Crippen molar-refractivity contribution in [3.8, 4) is 5.75 Å². The monoisotopic (exact) mass is 411 g/mol. The molecule has 6 rings (SSSR count). The number of hydrazine groups is 1. The lowest BCUT2D eigenvalue weighted by Crippen LogP contribution is -2.51. The normalized spacial score (nSPS) is 31.5. The van der Waals surface area contributed by atoms with Gasteiger partial charge in [-0.15, -0.1) is 0 Å². The first-order valence-corrected chi connectivity index (χ1v) is 11.1. The molecule has 0 spiro atoms. The van der Waals surface area contributed by atoms with Crippen molar-refractivity contribution in [1.29, 1.82) is 0 Å². The van der Waals surface area contributed by atoms with Crippen LogP contribution in [-0.4, -0.2) is 30.9 Å². The Hall–Kier alpha value is -2.57.